The number of rotatable bonds is 7. The third-order valence-corrected chi connectivity index (χ3v) is 3.90. The quantitative estimate of drug-likeness (QED) is 0.723. The minimum absolute atomic E-state index is 0.499. The maximum atomic E-state index is 3.44. The summed E-state index contributed by atoms with van der Waals surface area (Å²) in [4.78, 5) is 0. The van der Waals surface area contributed by atoms with Gasteiger partial charge in [0.25, 0.3) is 0 Å². The number of hydrogen-bond donors (Lipinski definition) is 1. The van der Waals surface area contributed by atoms with Crippen molar-refractivity contribution < 1.29 is 0 Å². The Morgan fingerprint density at radius 1 is 0.944 bits per heavy atom. The third kappa shape index (κ3) is 4.45. The highest BCUT2D eigenvalue weighted by molar-refractivity contribution is 5.27. The van der Waals surface area contributed by atoms with Crippen LogP contribution < -0.4 is 5.32 Å². The smallest absolute Gasteiger partial charge is 0.0317 e. The second kappa shape index (κ2) is 7.58. The molecule has 0 fully saturated rings. The maximum Gasteiger partial charge on any atom is 0.0317 e. The van der Waals surface area contributed by atoms with Gasteiger partial charge in [-0.15, -0.1) is 0 Å². The van der Waals surface area contributed by atoms with Crippen LogP contribution in [0.2, 0.25) is 0 Å². The summed E-state index contributed by atoms with van der Waals surface area (Å²) in [6.07, 6.45) is 3.71. The van der Waals surface area contributed by atoms with Crippen molar-refractivity contribution in [2.24, 2.45) is 5.92 Å². The van der Waals surface area contributed by atoms with E-state index < -0.39 is 0 Å². The lowest BCUT2D eigenvalue weighted by atomic mass is 9.93. The Morgan fingerprint density at radius 2 is 1.50 bits per heavy atom. The van der Waals surface area contributed by atoms with Crippen LogP contribution in [0.4, 0.5) is 0 Å². The van der Waals surface area contributed by atoms with E-state index in [4.69, 9.17) is 0 Å². The normalized spacial score (nSPS) is 14.8. The molecule has 1 rings (SSSR count). The highest BCUT2D eigenvalue weighted by Gasteiger charge is 2.10. The summed E-state index contributed by atoms with van der Waals surface area (Å²) >= 11 is 0. The molecule has 1 N–H and O–H groups in total. The van der Waals surface area contributed by atoms with Crippen LogP contribution in [0.3, 0.4) is 0 Å². The van der Waals surface area contributed by atoms with E-state index in [1.807, 2.05) is 0 Å². The third-order valence-electron chi connectivity index (χ3n) is 3.90. The molecule has 0 spiro atoms. The molecule has 0 radical (unpaired) electrons. The van der Waals surface area contributed by atoms with E-state index in [1.54, 1.807) is 0 Å². The second-order valence-corrected chi connectivity index (χ2v) is 5.79. The van der Waals surface area contributed by atoms with Gasteiger partial charge >= 0.3 is 0 Å². The Morgan fingerprint density at radius 3 is 1.94 bits per heavy atom. The zero-order chi connectivity index (χ0) is 13.5. The Balaban J connectivity index is 2.69. The van der Waals surface area contributed by atoms with Gasteiger partial charge in [-0.1, -0.05) is 52.0 Å². The molecule has 1 heteroatoms. The van der Waals surface area contributed by atoms with Crippen LogP contribution in [0, 0.1) is 5.92 Å². The van der Waals surface area contributed by atoms with Gasteiger partial charge in [0.2, 0.25) is 0 Å². The minimum atomic E-state index is 0.499. The molecule has 0 amide bonds. The fourth-order valence-electron chi connectivity index (χ4n) is 2.27. The van der Waals surface area contributed by atoms with Crippen LogP contribution >= 0.6 is 0 Å². The van der Waals surface area contributed by atoms with E-state index in [0.29, 0.717) is 12.0 Å². The fourth-order valence-corrected chi connectivity index (χ4v) is 2.27. The van der Waals surface area contributed by atoms with Crippen molar-refractivity contribution in [3.05, 3.63) is 35.4 Å². The molecule has 1 aromatic carbocycles. The average molecular weight is 247 g/mol. The highest BCUT2D eigenvalue weighted by atomic mass is 14.9. The van der Waals surface area contributed by atoms with Crippen molar-refractivity contribution in [3.63, 3.8) is 0 Å². The molecule has 0 bridgehead atoms. The van der Waals surface area contributed by atoms with E-state index in [-0.39, 0.29) is 0 Å². The van der Waals surface area contributed by atoms with Gasteiger partial charge in [0.05, 0.1) is 0 Å². The first-order chi connectivity index (χ1) is 8.58. The van der Waals surface area contributed by atoms with Crippen molar-refractivity contribution in [2.75, 3.05) is 7.05 Å². The second-order valence-electron chi connectivity index (χ2n) is 5.79. The largest absolute Gasteiger partial charge is 0.313 e. The van der Waals surface area contributed by atoms with Gasteiger partial charge in [0, 0.05) is 6.04 Å². The van der Waals surface area contributed by atoms with Crippen molar-refractivity contribution >= 4 is 0 Å². The molecular weight excluding hydrogens is 218 g/mol. The molecule has 102 valence electrons. The van der Waals surface area contributed by atoms with Gasteiger partial charge in [-0.2, -0.15) is 0 Å². The van der Waals surface area contributed by atoms with Gasteiger partial charge in [-0.3, -0.25) is 0 Å². The van der Waals surface area contributed by atoms with Gasteiger partial charge < -0.3 is 5.32 Å². The standard InChI is InChI=1S/C17H29N/c1-6-14(4)15-8-10-16(11-9-15)17(18-5)12-7-13(2)3/h8-11,13-14,17-18H,6-7,12H2,1-5H3. The molecule has 0 heterocycles. The Kier molecular flexibility index (Phi) is 6.42. The Labute approximate surface area is 113 Å². The molecule has 1 aromatic rings. The first-order valence-corrected chi connectivity index (χ1v) is 7.35. The minimum Gasteiger partial charge on any atom is -0.313 e. The molecule has 0 saturated carbocycles. The molecule has 0 aliphatic rings. The van der Waals surface area contributed by atoms with Crippen molar-refractivity contribution in [3.8, 4) is 0 Å². The molecule has 1 nitrogen and oxygen atoms in total. The maximum absolute atomic E-state index is 3.44. The molecule has 2 atom stereocenters. The summed E-state index contributed by atoms with van der Waals surface area (Å²) < 4.78 is 0. The highest BCUT2D eigenvalue weighted by Crippen LogP contribution is 2.24. The summed E-state index contributed by atoms with van der Waals surface area (Å²) in [6, 6.07) is 9.68. The molecule has 2 unspecified atom stereocenters. The summed E-state index contributed by atoms with van der Waals surface area (Å²) in [6.45, 7) is 9.12. The van der Waals surface area contributed by atoms with Crippen molar-refractivity contribution in [2.45, 2.75) is 58.9 Å². The predicted molar refractivity (Wildman–Crippen MR) is 81.0 cm³/mol. The summed E-state index contributed by atoms with van der Waals surface area (Å²) in [5, 5.41) is 3.44. The van der Waals surface area contributed by atoms with Crippen LogP contribution in [-0.4, -0.2) is 7.05 Å². The van der Waals surface area contributed by atoms with E-state index in [1.165, 1.54) is 30.4 Å². The topological polar surface area (TPSA) is 12.0 Å². The molecule has 0 aliphatic heterocycles. The number of benzene rings is 1. The predicted octanol–water partition coefficient (Wildman–Crippen LogP) is 4.90. The average Bonchev–Trinajstić information content (AvgIpc) is 2.39. The SMILES string of the molecule is CCC(C)c1ccc(C(CCC(C)C)NC)cc1. The van der Waals surface area contributed by atoms with E-state index in [9.17, 15) is 0 Å². The van der Waals surface area contributed by atoms with E-state index >= 15 is 0 Å². The molecule has 0 saturated heterocycles. The Bertz CT molecular complexity index is 326. The van der Waals surface area contributed by atoms with Crippen LogP contribution in [0.1, 0.15) is 70.0 Å². The van der Waals surface area contributed by atoms with E-state index in [0.717, 1.165) is 5.92 Å². The van der Waals surface area contributed by atoms with Gasteiger partial charge in [0.1, 0.15) is 0 Å². The summed E-state index contributed by atoms with van der Waals surface area (Å²) in [5.74, 6) is 1.45. The Hall–Kier alpha value is -0.820. The van der Waals surface area contributed by atoms with E-state index in [2.05, 4.69) is 64.3 Å². The molecule has 18 heavy (non-hydrogen) atoms. The molecule has 0 aliphatic carbocycles. The summed E-state index contributed by atoms with van der Waals surface area (Å²) in [5.41, 5.74) is 2.88. The van der Waals surface area contributed by atoms with Crippen molar-refractivity contribution in [1.82, 2.24) is 5.32 Å². The van der Waals surface area contributed by atoms with Gasteiger partial charge in [-0.25, -0.2) is 0 Å². The lowest BCUT2D eigenvalue weighted by Crippen LogP contribution is -2.17. The first kappa shape index (κ1) is 15.2. The lowest BCUT2D eigenvalue weighted by Gasteiger charge is -2.19. The monoisotopic (exact) mass is 247 g/mol. The van der Waals surface area contributed by atoms with Gasteiger partial charge in [0.15, 0.2) is 0 Å². The van der Waals surface area contributed by atoms with Crippen molar-refractivity contribution in [1.29, 1.82) is 0 Å². The van der Waals surface area contributed by atoms with Gasteiger partial charge in [-0.05, 0) is 49.3 Å². The van der Waals surface area contributed by atoms with Crippen LogP contribution in [0.25, 0.3) is 0 Å². The number of nitrogens with one attached hydrogen (secondary N) is 1. The van der Waals surface area contributed by atoms with Crippen LogP contribution in [-0.2, 0) is 0 Å². The molecular formula is C17H29N. The molecule has 0 aromatic heterocycles. The fraction of sp³-hybridized carbons (Fsp3) is 0.647. The van der Waals surface area contributed by atoms with Crippen LogP contribution in [0.15, 0.2) is 24.3 Å². The van der Waals surface area contributed by atoms with Crippen LogP contribution in [0.5, 0.6) is 0 Å². The first-order valence-electron chi connectivity index (χ1n) is 7.35. The lowest BCUT2D eigenvalue weighted by molar-refractivity contribution is 0.465. The zero-order valence-electron chi connectivity index (χ0n) is 12.7. The number of hydrogen-bond acceptors (Lipinski definition) is 1. The zero-order valence-corrected chi connectivity index (χ0v) is 12.7. The summed E-state index contributed by atoms with van der Waals surface area (Å²) in [7, 11) is 2.06.